The quantitative estimate of drug-likeness (QED) is 0.523. The minimum absolute atomic E-state index is 0.0926. The average Bonchev–Trinajstić information content (AvgIpc) is 3.54. The van der Waals surface area contributed by atoms with Gasteiger partial charge in [0.2, 0.25) is 0 Å². The van der Waals surface area contributed by atoms with E-state index in [0.717, 1.165) is 35.8 Å². The molecule has 1 saturated heterocycles. The van der Waals surface area contributed by atoms with Crippen LogP contribution < -0.4 is 14.8 Å². The molecule has 1 aliphatic heterocycles. The number of alkyl halides is 3. The summed E-state index contributed by atoms with van der Waals surface area (Å²) in [4.78, 5) is 12.5. The molecule has 10 heteroatoms. The fourth-order valence-corrected chi connectivity index (χ4v) is 3.57. The Morgan fingerprint density at radius 3 is 2.62 bits per heavy atom. The monoisotopic (exact) mass is 475 g/mol. The number of hydrogen-bond donors (Lipinski definition) is 1. The van der Waals surface area contributed by atoms with E-state index < -0.39 is 11.9 Å². The molecule has 0 saturated carbocycles. The van der Waals surface area contributed by atoms with Crippen LogP contribution in [0, 0.1) is 0 Å². The Morgan fingerprint density at radius 1 is 1.18 bits per heavy atom. The van der Waals surface area contributed by atoms with E-state index in [2.05, 4.69) is 10.4 Å². The summed E-state index contributed by atoms with van der Waals surface area (Å²) in [6, 6.07) is 12.5. The lowest BCUT2D eigenvalue weighted by Crippen LogP contribution is -2.22. The van der Waals surface area contributed by atoms with Gasteiger partial charge in [0.15, 0.2) is 17.2 Å². The van der Waals surface area contributed by atoms with Crippen molar-refractivity contribution >= 4 is 5.91 Å². The van der Waals surface area contributed by atoms with Crippen molar-refractivity contribution in [3.05, 3.63) is 71.5 Å². The highest BCUT2D eigenvalue weighted by Crippen LogP contribution is 2.29. The van der Waals surface area contributed by atoms with Crippen molar-refractivity contribution in [3.63, 3.8) is 0 Å². The van der Waals surface area contributed by atoms with E-state index in [-0.39, 0.29) is 18.6 Å². The topological polar surface area (TPSA) is 74.6 Å². The third kappa shape index (κ3) is 5.69. The van der Waals surface area contributed by atoms with Crippen LogP contribution in [0.1, 0.15) is 34.5 Å². The van der Waals surface area contributed by atoms with E-state index >= 15 is 0 Å². The van der Waals surface area contributed by atoms with Crippen molar-refractivity contribution in [2.75, 3.05) is 20.3 Å². The standard InChI is InChI=1S/C24H24F3N3O4/c1-32-21-13-16(4-9-20(21)34-15-19-3-2-12-33-19)14-28-23(31)17-5-7-18(8-6-17)30-11-10-22(29-30)24(25,26)27/h4-11,13,19H,2-3,12,14-15H2,1H3,(H,28,31). The van der Waals surface area contributed by atoms with Crippen LogP contribution in [-0.4, -0.2) is 42.1 Å². The molecule has 1 fully saturated rings. The predicted molar refractivity (Wildman–Crippen MR) is 117 cm³/mol. The maximum Gasteiger partial charge on any atom is 0.435 e. The molecule has 180 valence electrons. The summed E-state index contributed by atoms with van der Waals surface area (Å²) in [5.41, 5.74) is 0.626. The molecular formula is C24H24F3N3O4. The largest absolute Gasteiger partial charge is 0.493 e. The van der Waals surface area contributed by atoms with E-state index in [9.17, 15) is 18.0 Å². The lowest BCUT2D eigenvalue weighted by molar-refractivity contribution is -0.141. The summed E-state index contributed by atoms with van der Waals surface area (Å²) in [6.07, 6.45) is -1.18. The van der Waals surface area contributed by atoms with Crippen LogP contribution in [0.5, 0.6) is 11.5 Å². The van der Waals surface area contributed by atoms with E-state index in [0.29, 0.717) is 29.4 Å². The second-order valence-corrected chi connectivity index (χ2v) is 7.80. The first-order valence-electron chi connectivity index (χ1n) is 10.8. The number of amides is 1. The number of halogens is 3. The van der Waals surface area contributed by atoms with Gasteiger partial charge in [-0.25, -0.2) is 4.68 Å². The van der Waals surface area contributed by atoms with Crippen LogP contribution in [0.2, 0.25) is 0 Å². The number of hydrogen-bond acceptors (Lipinski definition) is 5. The summed E-state index contributed by atoms with van der Waals surface area (Å²) in [7, 11) is 1.55. The summed E-state index contributed by atoms with van der Waals surface area (Å²) in [6.45, 7) is 1.48. The number of ether oxygens (including phenoxy) is 3. The van der Waals surface area contributed by atoms with Crippen LogP contribution in [0.25, 0.3) is 5.69 Å². The second kappa shape index (κ2) is 10.2. The van der Waals surface area contributed by atoms with Gasteiger partial charge < -0.3 is 19.5 Å². The molecule has 1 aliphatic rings. The SMILES string of the molecule is COc1cc(CNC(=O)c2ccc(-n3ccc(C(F)(F)F)n3)cc2)ccc1OCC1CCCO1. The number of carbonyl (C=O) groups excluding carboxylic acids is 1. The van der Waals surface area contributed by atoms with Crippen molar-refractivity contribution in [1.82, 2.24) is 15.1 Å². The van der Waals surface area contributed by atoms with Crippen molar-refractivity contribution in [2.24, 2.45) is 0 Å². The molecular weight excluding hydrogens is 451 g/mol. The molecule has 7 nitrogen and oxygen atoms in total. The number of nitrogens with zero attached hydrogens (tertiary/aromatic N) is 2. The van der Waals surface area contributed by atoms with Crippen LogP contribution in [-0.2, 0) is 17.5 Å². The Hall–Kier alpha value is -3.53. The molecule has 1 unspecified atom stereocenters. The fraction of sp³-hybridized carbons (Fsp3) is 0.333. The van der Waals surface area contributed by atoms with Crippen LogP contribution in [0.15, 0.2) is 54.7 Å². The Kier molecular flexibility index (Phi) is 7.06. The minimum atomic E-state index is -4.51. The van der Waals surface area contributed by atoms with Crippen LogP contribution in [0.4, 0.5) is 13.2 Å². The Labute approximate surface area is 194 Å². The first-order valence-corrected chi connectivity index (χ1v) is 10.8. The highest BCUT2D eigenvalue weighted by Gasteiger charge is 2.33. The molecule has 1 amide bonds. The fourth-order valence-electron chi connectivity index (χ4n) is 3.57. The molecule has 34 heavy (non-hydrogen) atoms. The molecule has 0 aliphatic carbocycles. The summed E-state index contributed by atoms with van der Waals surface area (Å²) in [5.74, 6) is 0.850. The molecule has 1 aromatic heterocycles. The van der Waals surface area contributed by atoms with Gasteiger partial charge in [-0.3, -0.25) is 4.79 Å². The number of aromatic nitrogens is 2. The number of rotatable bonds is 8. The van der Waals surface area contributed by atoms with Gasteiger partial charge in [0.05, 0.1) is 18.9 Å². The average molecular weight is 475 g/mol. The molecule has 4 rings (SSSR count). The van der Waals surface area contributed by atoms with Gasteiger partial charge >= 0.3 is 6.18 Å². The van der Waals surface area contributed by atoms with Crippen molar-refractivity contribution in [1.29, 1.82) is 0 Å². The molecule has 1 N–H and O–H groups in total. The summed E-state index contributed by atoms with van der Waals surface area (Å²) in [5, 5.41) is 6.34. The van der Waals surface area contributed by atoms with Gasteiger partial charge in [-0.05, 0) is 60.9 Å². The Morgan fingerprint density at radius 2 is 1.97 bits per heavy atom. The number of carbonyl (C=O) groups is 1. The van der Waals surface area contributed by atoms with Gasteiger partial charge in [-0.15, -0.1) is 0 Å². The Bertz CT molecular complexity index is 1120. The van der Waals surface area contributed by atoms with E-state index in [1.165, 1.54) is 30.5 Å². The van der Waals surface area contributed by atoms with Gasteiger partial charge in [-0.1, -0.05) is 6.07 Å². The zero-order valence-corrected chi connectivity index (χ0v) is 18.5. The lowest BCUT2D eigenvalue weighted by Gasteiger charge is -2.15. The molecule has 0 spiro atoms. The zero-order valence-electron chi connectivity index (χ0n) is 18.5. The van der Waals surface area contributed by atoms with E-state index in [4.69, 9.17) is 14.2 Å². The maximum atomic E-state index is 12.7. The van der Waals surface area contributed by atoms with Crippen LogP contribution in [0.3, 0.4) is 0 Å². The van der Waals surface area contributed by atoms with E-state index in [1.807, 2.05) is 6.07 Å². The van der Waals surface area contributed by atoms with Gasteiger partial charge in [-0.2, -0.15) is 18.3 Å². The van der Waals surface area contributed by atoms with E-state index in [1.54, 1.807) is 19.2 Å². The third-order valence-electron chi connectivity index (χ3n) is 5.40. The first kappa shape index (κ1) is 23.6. The molecule has 3 aromatic rings. The zero-order chi connectivity index (χ0) is 24.1. The summed E-state index contributed by atoms with van der Waals surface area (Å²) >= 11 is 0. The Balaban J connectivity index is 1.34. The normalized spacial score (nSPS) is 15.8. The number of benzene rings is 2. The molecule has 2 heterocycles. The highest BCUT2D eigenvalue weighted by atomic mass is 19.4. The van der Waals surface area contributed by atoms with Gasteiger partial charge in [0, 0.05) is 24.9 Å². The molecule has 0 bridgehead atoms. The van der Waals surface area contributed by atoms with Crippen LogP contribution >= 0.6 is 0 Å². The van der Waals surface area contributed by atoms with Crippen molar-refractivity contribution in [3.8, 4) is 17.2 Å². The minimum Gasteiger partial charge on any atom is -0.493 e. The third-order valence-corrected chi connectivity index (χ3v) is 5.40. The predicted octanol–water partition coefficient (Wildman–Crippen LogP) is 4.39. The van der Waals surface area contributed by atoms with Crippen molar-refractivity contribution in [2.45, 2.75) is 31.7 Å². The smallest absolute Gasteiger partial charge is 0.435 e. The lowest BCUT2D eigenvalue weighted by atomic mass is 10.1. The maximum absolute atomic E-state index is 12.7. The number of nitrogens with one attached hydrogen (secondary N) is 1. The van der Waals surface area contributed by atoms with Gasteiger partial charge in [0.25, 0.3) is 5.91 Å². The molecule has 0 radical (unpaired) electrons. The molecule has 1 atom stereocenters. The molecule has 2 aromatic carbocycles. The second-order valence-electron chi connectivity index (χ2n) is 7.80. The van der Waals surface area contributed by atoms with Gasteiger partial charge in [0.1, 0.15) is 6.61 Å². The first-order chi connectivity index (χ1) is 16.3. The highest BCUT2D eigenvalue weighted by molar-refractivity contribution is 5.94. The summed E-state index contributed by atoms with van der Waals surface area (Å²) < 4.78 is 56.1. The number of methoxy groups -OCH3 is 1. The van der Waals surface area contributed by atoms with Crippen molar-refractivity contribution < 1.29 is 32.2 Å².